The predicted octanol–water partition coefficient (Wildman–Crippen LogP) is 2.84. The van der Waals surface area contributed by atoms with E-state index in [1.165, 1.54) is 10.7 Å². The Morgan fingerprint density at radius 3 is 2.58 bits per heavy atom. The predicted molar refractivity (Wildman–Crippen MR) is 105 cm³/mol. The number of likely N-dealkylation sites (tertiary alicyclic amines) is 1. The second-order valence-corrected chi connectivity index (χ2v) is 8.76. The zero-order valence-electron chi connectivity index (χ0n) is 16.3. The second-order valence-electron chi connectivity index (χ2n) is 6.86. The highest BCUT2D eigenvalue weighted by Gasteiger charge is 2.25. The molecule has 7 heteroatoms. The van der Waals surface area contributed by atoms with Crippen LogP contribution in [0.5, 0.6) is 0 Å². The number of piperidine rings is 1. The fourth-order valence-electron chi connectivity index (χ4n) is 3.44. The summed E-state index contributed by atoms with van der Waals surface area (Å²) in [6.45, 7) is 9.38. The minimum Gasteiger partial charge on any atom is -0.376 e. The quantitative estimate of drug-likeness (QED) is 0.788. The first-order valence-corrected chi connectivity index (χ1v) is 10.9. The Balaban J connectivity index is 2.13. The van der Waals surface area contributed by atoms with E-state index in [1.807, 2.05) is 24.8 Å². The Morgan fingerprint density at radius 1 is 1.27 bits per heavy atom. The van der Waals surface area contributed by atoms with Gasteiger partial charge in [0.2, 0.25) is 15.9 Å². The average Bonchev–Trinajstić information content (AvgIpc) is 2.61. The van der Waals surface area contributed by atoms with E-state index in [0.29, 0.717) is 29.2 Å². The van der Waals surface area contributed by atoms with Crippen LogP contribution in [0.3, 0.4) is 0 Å². The van der Waals surface area contributed by atoms with Crippen molar-refractivity contribution in [2.75, 3.05) is 31.5 Å². The van der Waals surface area contributed by atoms with E-state index in [9.17, 15) is 13.2 Å². The van der Waals surface area contributed by atoms with Gasteiger partial charge in [-0.05, 0) is 50.8 Å². The third kappa shape index (κ3) is 4.57. The van der Waals surface area contributed by atoms with Gasteiger partial charge in [-0.1, -0.05) is 19.9 Å². The number of hydrogen-bond donors (Lipinski definition) is 1. The van der Waals surface area contributed by atoms with Gasteiger partial charge < -0.3 is 10.2 Å². The van der Waals surface area contributed by atoms with Crippen molar-refractivity contribution in [2.45, 2.75) is 57.9 Å². The van der Waals surface area contributed by atoms with Gasteiger partial charge >= 0.3 is 0 Å². The van der Waals surface area contributed by atoms with E-state index in [0.717, 1.165) is 19.4 Å². The molecule has 1 saturated heterocycles. The first-order chi connectivity index (χ1) is 12.3. The minimum atomic E-state index is -3.52. The van der Waals surface area contributed by atoms with Crippen molar-refractivity contribution in [1.82, 2.24) is 9.21 Å². The number of nitrogens with zero attached hydrogens (tertiary/aromatic N) is 2. The molecule has 2 rings (SSSR count). The Bertz CT molecular complexity index is 730. The number of carbonyl (C=O) groups excluding carboxylic acids is 1. The third-order valence-electron chi connectivity index (χ3n) is 5.08. The number of amides is 1. The monoisotopic (exact) mass is 381 g/mol. The first-order valence-electron chi connectivity index (χ1n) is 9.45. The molecule has 1 aromatic rings. The summed E-state index contributed by atoms with van der Waals surface area (Å²) in [5.74, 6) is 0.0610. The van der Waals surface area contributed by atoms with E-state index >= 15 is 0 Å². The number of hydrogen-bond acceptors (Lipinski definition) is 4. The molecule has 1 unspecified atom stereocenters. The van der Waals surface area contributed by atoms with Gasteiger partial charge in [0.1, 0.15) is 0 Å². The molecule has 1 amide bonds. The zero-order chi connectivity index (χ0) is 19.3. The van der Waals surface area contributed by atoms with Crippen LogP contribution in [0.15, 0.2) is 23.1 Å². The van der Waals surface area contributed by atoms with Crippen LogP contribution >= 0.6 is 0 Å². The molecule has 1 N–H and O–H groups in total. The van der Waals surface area contributed by atoms with Crippen LogP contribution in [0, 0.1) is 6.92 Å². The van der Waals surface area contributed by atoms with Crippen LogP contribution in [0.2, 0.25) is 0 Å². The molecule has 0 bridgehead atoms. The Labute approximate surface area is 157 Å². The maximum absolute atomic E-state index is 12.8. The minimum absolute atomic E-state index is 0.0610. The van der Waals surface area contributed by atoms with Crippen molar-refractivity contribution in [3.8, 4) is 0 Å². The zero-order valence-corrected chi connectivity index (χ0v) is 17.1. The molecule has 1 aliphatic rings. The van der Waals surface area contributed by atoms with Crippen molar-refractivity contribution in [2.24, 2.45) is 0 Å². The van der Waals surface area contributed by atoms with Crippen LogP contribution in [0.25, 0.3) is 0 Å². The first kappa shape index (κ1) is 20.7. The standard InChI is InChI=1S/C19H31N3O3S/c1-5-21(6-2)26(24,25)18-13-17(11-10-15(18)3)20-14-19(23)22-12-8-7-9-16(22)4/h10-11,13,16,20H,5-9,12,14H2,1-4H3. The van der Waals surface area contributed by atoms with Gasteiger partial charge in [0, 0.05) is 31.4 Å². The number of nitrogens with one attached hydrogen (secondary N) is 1. The van der Waals surface area contributed by atoms with Gasteiger partial charge in [0.15, 0.2) is 0 Å². The molecule has 6 nitrogen and oxygen atoms in total. The highest BCUT2D eigenvalue weighted by Crippen LogP contribution is 2.24. The van der Waals surface area contributed by atoms with Crippen molar-refractivity contribution < 1.29 is 13.2 Å². The highest BCUT2D eigenvalue weighted by molar-refractivity contribution is 7.89. The summed E-state index contributed by atoms with van der Waals surface area (Å²) in [5.41, 5.74) is 1.36. The largest absolute Gasteiger partial charge is 0.376 e. The molecule has 1 fully saturated rings. The topological polar surface area (TPSA) is 69.7 Å². The van der Waals surface area contributed by atoms with E-state index in [2.05, 4.69) is 12.2 Å². The summed E-state index contributed by atoms with van der Waals surface area (Å²) in [6, 6.07) is 5.52. The van der Waals surface area contributed by atoms with Gasteiger partial charge in [-0.15, -0.1) is 0 Å². The maximum atomic E-state index is 12.8. The molecule has 0 spiro atoms. The lowest BCUT2D eigenvalue weighted by molar-refractivity contribution is -0.132. The lowest BCUT2D eigenvalue weighted by atomic mass is 10.0. The summed E-state index contributed by atoms with van der Waals surface area (Å²) >= 11 is 0. The number of carbonyl (C=O) groups is 1. The summed E-state index contributed by atoms with van der Waals surface area (Å²) in [6.07, 6.45) is 3.26. The van der Waals surface area contributed by atoms with Gasteiger partial charge in [-0.2, -0.15) is 4.31 Å². The van der Waals surface area contributed by atoms with E-state index in [4.69, 9.17) is 0 Å². The van der Waals surface area contributed by atoms with Crippen molar-refractivity contribution >= 4 is 21.6 Å². The van der Waals surface area contributed by atoms with Gasteiger partial charge in [-0.25, -0.2) is 8.42 Å². The van der Waals surface area contributed by atoms with Gasteiger partial charge in [-0.3, -0.25) is 4.79 Å². The summed E-state index contributed by atoms with van der Waals surface area (Å²) in [4.78, 5) is 14.7. The maximum Gasteiger partial charge on any atom is 0.243 e. The highest BCUT2D eigenvalue weighted by atomic mass is 32.2. The Kier molecular flexibility index (Phi) is 7.06. The van der Waals surface area contributed by atoms with Gasteiger partial charge in [0.05, 0.1) is 11.4 Å². The van der Waals surface area contributed by atoms with Crippen LogP contribution in [0.4, 0.5) is 5.69 Å². The van der Waals surface area contributed by atoms with Crippen molar-refractivity contribution in [3.63, 3.8) is 0 Å². The molecule has 1 atom stereocenters. The smallest absolute Gasteiger partial charge is 0.243 e. The SMILES string of the molecule is CCN(CC)S(=O)(=O)c1cc(NCC(=O)N2CCCCC2C)ccc1C. The molecular formula is C19H31N3O3S. The molecule has 1 aromatic carbocycles. The number of rotatable bonds is 7. The summed E-state index contributed by atoms with van der Waals surface area (Å²) < 4.78 is 27.1. The van der Waals surface area contributed by atoms with Crippen molar-refractivity contribution in [3.05, 3.63) is 23.8 Å². The third-order valence-corrected chi connectivity index (χ3v) is 7.27. The van der Waals surface area contributed by atoms with Crippen LogP contribution < -0.4 is 5.32 Å². The van der Waals surface area contributed by atoms with Crippen LogP contribution in [0.1, 0.15) is 45.6 Å². The average molecular weight is 382 g/mol. The summed E-state index contributed by atoms with van der Waals surface area (Å²) in [7, 11) is -3.52. The van der Waals surface area contributed by atoms with Gasteiger partial charge in [0.25, 0.3) is 0 Å². The normalized spacial score (nSPS) is 18.2. The molecular weight excluding hydrogens is 350 g/mol. The van der Waals surface area contributed by atoms with Crippen LogP contribution in [-0.4, -0.2) is 55.8 Å². The lowest BCUT2D eigenvalue weighted by Crippen LogP contribution is -2.44. The number of benzene rings is 1. The van der Waals surface area contributed by atoms with E-state index < -0.39 is 10.0 Å². The fraction of sp³-hybridized carbons (Fsp3) is 0.632. The molecule has 146 valence electrons. The molecule has 26 heavy (non-hydrogen) atoms. The lowest BCUT2D eigenvalue weighted by Gasteiger charge is -2.33. The molecule has 0 radical (unpaired) electrons. The molecule has 1 heterocycles. The number of aryl methyl sites for hydroxylation is 1. The number of anilines is 1. The molecule has 0 aromatic heterocycles. The Morgan fingerprint density at radius 2 is 1.96 bits per heavy atom. The molecule has 0 aliphatic carbocycles. The fourth-order valence-corrected chi connectivity index (χ4v) is 5.15. The molecule has 1 aliphatic heterocycles. The Hall–Kier alpha value is -1.60. The number of sulfonamides is 1. The van der Waals surface area contributed by atoms with E-state index in [1.54, 1.807) is 19.1 Å². The van der Waals surface area contributed by atoms with E-state index in [-0.39, 0.29) is 18.5 Å². The van der Waals surface area contributed by atoms with Crippen LogP contribution in [-0.2, 0) is 14.8 Å². The molecule has 0 saturated carbocycles. The summed E-state index contributed by atoms with van der Waals surface area (Å²) in [5, 5.41) is 3.10. The van der Waals surface area contributed by atoms with Crippen molar-refractivity contribution in [1.29, 1.82) is 0 Å². The second kappa shape index (κ2) is 8.86.